The Labute approximate surface area is 127 Å². The molecular weight excluding hydrogens is 316 g/mol. The number of anilines is 1. The van der Waals surface area contributed by atoms with Crippen molar-refractivity contribution in [3.8, 4) is 0 Å². The van der Waals surface area contributed by atoms with Gasteiger partial charge in [-0.25, -0.2) is 4.98 Å². The van der Waals surface area contributed by atoms with Crippen molar-refractivity contribution in [2.75, 3.05) is 24.6 Å². The van der Waals surface area contributed by atoms with Crippen LogP contribution in [0, 0.1) is 0 Å². The van der Waals surface area contributed by atoms with Crippen LogP contribution in [0.4, 0.5) is 5.82 Å². The number of benzene rings is 1. The molecule has 20 heavy (non-hydrogen) atoms. The van der Waals surface area contributed by atoms with Crippen molar-refractivity contribution in [3.05, 3.63) is 58.7 Å². The van der Waals surface area contributed by atoms with Crippen LogP contribution in [-0.4, -0.2) is 24.7 Å². The lowest BCUT2D eigenvalue weighted by Gasteiger charge is -2.41. The minimum absolute atomic E-state index is 0.283. The minimum atomic E-state index is -0.283. The van der Waals surface area contributed by atoms with Gasteiger partial charge in [0.25, 0.3) is 0 Å². The topological polar surface area (TPSA) is 25.4 Å². The van der Waals surface area contributed by atoms with Gasteiger partial charge in [-0.05, 0) is 40.5 Å². The average molecular weight is 333 g/mol. The van der Waals surface area contributed by atoms with Gasteiger partial charge in [-0.15, -0.1) is 0 Å². The standard InChI is InChI=1S/C16H17BrN2O/c1-16(13-5-3-2-4-6-13)12-19(9-10-20-16)15-8-7-14(17)11-18-15/h2-8,11H,9-10,12H2,1H3. The summed E-state index contributed by atoms with van der Waals surface area (Å²) in [5.74, 6) is 0.999. The van der Waals surface area contributed by atoms with E-state index in [9.17, 15) is 0 Å². The van der Waals surface area contributed by atoms with Gasteiger partial charge in [0.1, 0.15) is 11.4 Å². The molecule has 0 saturated carbocycles. The third-order valence-corrected chi connectivity index (χ3v) is 4.16. The number of rotatable bonds is 2. The molecule has 1 aromatic heterocycles. The van der Waals surface area contributed by atoms with Gasteiger partial charge in [0.05, 0.1) is 13.2 Å². The first-order valence-electron chi connectivity index (χ1n) is 6.73. The third kappa shape index (κ3) is 2.72. The molecule has 1 atom stereocenters. The summed E-state index contributed by atoms with van der Waals surface area (Å²) in [4.78, 5) is 6.77. The van der Waals surface area contributed by atoms with E-state index in [1.807, 2.05) is 24.4 Å². The number of hydrogen-bond acceptors (Lipinski definition) is 3. The van der Waals surface area contributed by atoms with Crippen molar-refractivity contribution in [3.63, 3.8) is 0 Å². The lowest BCUT2D eigenvalue weighted by atomic mass is 9.94. The number of hydrogen-bond donors (Lipinski definition) is 0. The first-order valence-corrected chi connectivity index (χ1v) is 7.53. The summed E-state index contributed by atoms with van der Waals surface area (Å²) in [5, 5.41) is 0. The number of morpholine rings is 1. The second-order valence-corrected chi connectivity index (χ2v) is 6.12. The largest absolute Gasteiger partial charge is 0.367 e. The molecule has 0 spiro atoms. The summed E-state index contributed by atoms with van der Waals surface area (Å²) < 4.78 is 7.05. The van der Waals surface area contributed by atoms with Crippen LogP contribution in [0.15, 0.2) is 53.1 Å². The van der Waals surface area contributed by atoms with E-state index < -0.39 is 0 Å². The predicted octanol–water partition coefficient (Wildman–Crippen LogP) is 3.60. The van der Waals surface area contributed by atoms with E-state index in [0.29, 0.717) is 6.61 Å². The van der Waals surface area contributed by atoms with Crippen LogP contribution in [0.2, 0.25) is 0 Å². The Morgan fingerprint density at radius 2 is 2.00 bits per heavy atom. The maximum Gasteiger partial charge on any atom is 0.128 e. The summed E-state index contributed by atoms with van der Waals surface area (Å²) in [6.07, 6.45) is 1.84. The number of halogens is 1. The summed E-state index contributed by atoms with van der Waals surface area (Å²) in [6.45, 7) is 4.54. The van der Waals surface area contributed by atoms with E-state index in [2.05, 4.69) is 57.0 Å². The number of pyridine rings is 1. The molecule has 1 saturated heterocycles. The molecule has 1 aliphatic heterocycles. The molecule has 3 nitrogen and oxygen atoms in total. The summed E-state index contributed by atoms with van der Waals surface area (Å²) in [6, 6.07) is 14.5. The minimum Gasteiger partial charge on any atom is -0.367 e. The van der Waals surface area contributed by atoms with Crippen LogP contribution in [0.25, 0.3) is 0 Å². The molecule has 0 bridgehead atoms. The van der Waals surface area contributed by atoms with E-state index in [-0.39, 0.29) is 5.60 Å². The lowest BCUT2D eigenvalue weighted by Crippen LogP contribution is -2.48. The molecule has 1 fully saturated rings. The smallest absolute Gasteiger partial charge is 0.128 e. The van der Waals surface area contributed by atoms with Gasteiger partial charge in [-0.3, -0.25) is 0 Å². The Bertz CT molecular complexity index is 573. The molecule has 0 amide bonds. The monoisotopic (exact) mass is 332 g/mol. The van der Waals surface area contributed by atoms with Crippen molar-refractivity contribution < 1.29 is 4.74 Å². The quantitative estimate of drug-likeness (QED) is 0.840. The molecule has 104 valence electrons. The Morgan fingerprint density at radius 3 is 2.70 bits per heavy atom. The van der Waals surface area contributed by atoms with Crippen LogP contribution >= 0.6 is 15.9 Å². The van der Waals surface area contributed by atoms with Gasteiger partial charge >= 0.3 is 0 Å². The second kappa shape index (κ2) is 5.54. The highest BCUT2D eigenvalue weighted by Crippen LogP contribution is 2.31. The zero-order valence-corrected chi connectivity index (χ0v) is 13.0. The summed E-state index contributed by atoms with van der Waals surface area (Å²) in [7, 11) is 0. The van der Waals surface area contributed by atoms with Crippen LogP contribution < -0.4 is 4.90 Å². The van der Waals surface area contributed by atoms with Gasteiger partial charge in [-0.2, -0.15) is 0 Å². The molecule has 0 radical (unpaired) electrons. The first-order chi connectivity index (χ1) is 9.67. The van der Waals surface area contributed by atoms with Crippen molar-refractivity contribution >= 4 is 21.7 Å². The summed E-state index contributed by atoms with van der Waals surface area (Å²) in [5.41, 5.74) is 0.927. The Morgan fingerprint density at radius 1 is 1.20 bits per heavy atom. The van der Waals surface area contributed by atoms with Gasteiger partial charge in [-0.1, -0.05) is 30.3 Å². The average Bonchev–Trinajstić information content (AvgIpc) is 2.49. The fourth-order valence-corrected chi connectivity index (χ4v) is 2.82. The molecule has 0 aliphatic carbocycles. The van der Waals surface area contributed by atoms with Crippen molar-refractivity contribution in [2.24, 2.45) is 0 Å². The predicted molar refractivity (Wildman–Crippen MR) is 83.9 cm³/mol. The normalized spacial score (nSPS) is 22.8. The van der Waals surface area contributed by atoms with Gasteiger partial charge in [0.2, 0.25) is 0 Å². The highest BCUT2D eigenvalue weighted by Gasteiger charge is 2.34. The Balaban J connectivity index is 1.84. The molecule has 0 N–H and O–H groups in total. The summed E-state index contributed by atoms with van der Waals surface area (Å²) >= 11 is 3.42. The number of aromatic nitrogens is 1. The number of nitrogens with zero attached hydrogens (tertiary/aromatic N) is 2. The van der Waals surface area contributed by atoms with Crippen molar-refractivity contribution in [1.29, 1.82) is 0 Å². The maximum atomic E-state index is 6.05. The molecular formula is C16H17BrN2O. The van der Waals surface area contributed by atoms with E-state index in [4.69, 9.17) is 4.74 Å². The number of ether oxygens (including phenoxy) is 1. The zero-order chi connectivity index (χ0) is 14.0. The highest BCUT2D eigenvalue weighted by molar-refractivity contribution is 9.10. The van der Waals surface area contributed by atoms with Crippen molar-refractivity contribution in [2.45, 2.75) is 12.5 Å². The van der Waals surface area contributed by atoms with E-state index in [1.165, 1.54) is 5.56 Å². The van der Waals surface area contributed by atoms with E-state index >= 15 is 0 Å². The molecule has 1 aromatic carbocycles. The van der Waals surface area contributed by atoms with Gasteiger partial charge in [0.15, 0.2) is 0 Å². The molecule has 2 aromatic rings. The Kier molecular flexibility index (Phi) is 3.76. The first kappa shape index (κ1) is 13.6. The zero-order valence-electron chi connectivity index (χ0n) is 11.4. The van der Waals surface area contributed by atoms with Gasteiger partial charge < -0.3 is 9.64 Å². The molecule has 1 aliphatic rings. The lowest BCUT2D eigenvalue weighted by molar-refractivity contribution is -0.0468. The Hall–Kier alpha value is -1.39. The van der Waals surface area contributed by atoms with E-state index in [0.717, 1.165) is 23.4 Å². The molecule has 2 heterocycles. The van der Waals surface area contributed by atoms with Crippen LogP contribution in [0.3, 0.4) is 0 Å². The molecule has 3 rings (SSSR count). The fraction of sp³-hybridized carbons (Fsp3) is 0.312. The van der Waals surface area contributed by atoms with Crippen LogP contribution in [0.5, 0.6) is 0 Å². The SMILES string of the molecule is CC1(c2ccccc2)CN(c2ccc(Br)cn2)CCO1. The maximum absolute atomic E-state index is 6.05. The third-order valence-electron chi connectivity index (χ3n) is 3.69. The van der Waals surface area contributed by atoms with Crippen molar-refractivity contribution in [1.82, 2.24) is 4.98 Å². The fourth-order valence-electron chi connectivity index (χ4n) is 2.59. The van der Waals surface area contributed by atoms with Gasteiger partial charge in [0, 0.05) is 17.2 Å². The van der Waals surface area contributed by atoms with Crippen LogP contribution in [0.1, 0.15) is 12.5 Å². The second-order valence-electron chi connectivity index (χ2n) is 5.20. The highest BCUT2D eigenvalue weighted by atomic mass is 79.9. The van der Waals surface area contributed by atoms with Crippen LogP contribution in [-0.2, 0) is 10.3 Å². The van der Waals surface area contributed by atoms with E-state index in [1.54, 1.807) is 0 Å². The molecule has 4 heteroatoms. The molecule has 1 unspecified atom stereocenters.